The first-order valence-corrected chi connectivity index (χ1v) is 7.39. The molecule has 1 heterocycles. The van der Waals surface area contributed by atoms with Crippen LogP contribution in [0.5, 0.6) is 0 Å². The summed E-state index contributed by atoms with van der Waals surface area (Å²) < 4.78 is 27.0. The molecular weight excluding hydrogens is 236 g/mol. The highest BCUT2D eigenvalue weighted by atomic mass is 32.2. The van der Waals surface area contributed by atoms with Crippen molar-refractivity contribution < 1.29 is 8.42 Å². The molecule has 1 aliphatic rings. The van der Waals surface area contributed by atoms with E-state index in [9.17, 15) is 8.42 Å². The molecule has 2 N–H and O–H groups in total. The van der Waals surface area contributed by atoms with Gasteiger partial charge in [-0.05, 0) is 38.4 Å². The van der Waals surface area contributed by atoms with E-state index in [0.29, 0.717) is 4.90 Å². The molecule has 94 valence electrons. The van der Waals surface area contributed by atoms with Crippen LogP contribution in [-0.4, -0.2) is 27.0 Å². The topological polar surface area (TPSA) is 58.2 Å². The Bertz CT molecular complexity index is 459. The largest absolute Gasteiger partial charge is 0.313 e. The molecule has 0 saturated carbocycles. The zero-order chi connectivity index (χ0) is 12.3. The molecule has 5 heteroatoms. The SMILES string of the molecule is CC1NCCCC1NS(=O)(=O)c1ccccc1. The van der Waals surface area contributed by atoms with Gasteiger partial charge in [0, 0.05) is 12.1 Å². The fraction of sp³-hybridized carbons (Fsp3) is 0.500. The van der Waals surface area contributed by atoms with Crippen LogP contribution in [-0.2, 0) is 10.0 Å². The molecular formula is C12H18N2O2S. The Morgan fingerprint density at radius 2 is 2.00 bits per heavy atom. The molecule has 2 atom stereocenters. The standard InChI is InChI=1S/C12H18N2O2S/c1-10-12(8-5-9-13-10)14-17(15,16)11-6-3-2-4-7-11/h2-4,6-7,10,12-14H,5,8-9H2,1H3. The monoisotopic (exact) mass is 254 g/mol. The van der Waals surface area contributed by atoms with E-state index in [1.54, 1.807) is 24.3 Å². The van der Waals surface area contributed by atoms with Gasteiger partial charge < -0.3 is 5.32 Å². The van der Waals surface area contributed by atoms with Gasteiger partial charge >= 0.3 is 0 Å². The first-order valence-electron chi connectivity index (χ1n) is 5.90. The lowest BCUT2D eigenvalue weighted by Crippen LogP contribution is -2.51. The van der Waals surface area contributed by atoms with E-state index in [4.69, 9.17) is 0 Å². The van der Waals surface area contributed by atoms with Gasteiger partial charge in [0.1, 0.15) is 0 Å². The maximum Gasteiger partial charge on any atom is 0.240 e. The van der Waals surface area contributed by atoms with Gasteiger partial charge in [-0.15, -0.1) is 0 Å². The fourth-order valence-electron chi connectivity index (χ4n) is 2.07. The van der Waals surface area contributed by atoms with Gasteiger partial charge in [-0.1, -0.05) is 18.2 Å². The molecule has 17 heavy (non-hydrogen) atoms. The van der Waals surface area contributed by atoms with Crippen LogP contribution in [0.15, 0.2) is 35.2 Å². The summed E-state index contributed by atoms with van der Waals surface area (Å²) in [5, 5.41) is 3.28. The van der Waals surface area contributed by atoms with Crippen molar-refractivity contribution in [3.8, 4) is 0 Å². The number of benzene rings is 1. The van der Waals surface area contributed by atoms with Crippen molar-refractivity contribution in [2.75, 3.05) is 6.54 Å². The summed E-state index contributed by atoms with van der Waals surface area (Å²) in [5.41, 5.74) is 0. The number of rotatable bonds is 3. The van der Waals surface area contributed by atoms with Crippen LogP contribution >= 0.6 is 0 Å². The molecule has 0 aromatic heterocycles. The minimum absolute atomic E-state index is 0.0195. The van der Waals surface area contributed by atoms with Gasteiger partial charge in [-0.25, -0.2) is 13.1 Å². The molecule has 0 amide bonds. The Hall–Kier alpha value is -0.910. The highest BCUT2D eigenvalue weighted by Gasteiger charge is 2.26. The number of nitrogens with one attached hydrogen (secondary N) is 2. The van der Waals surface area contributed by atoms with Gasteiger partial charge in [0.2, 0.25) is 10.0 Å². The Balaban J connectivity index is 2.12. The third kappa shape index (κ3) is 3.06. The average molecular weight is 254 g/mol. The van der Waals surface area contributed by atoms with E-state index in [1.165, 1.54) is 0 Å². The third-order valence-corrected chi connectivity index (χ3v) is 4.63. The molecule has 1 aromatic rings. The van der Waals surface area contributed by atoms with E-state index >= 15 is 0 Å². The van der Waals surface area contributed by atoms with Crippen LogP contribution in [0.25, 0.3) is 0 Å². The van der Waals surface area contributed by atoms with Gasteiger partial charge in [0.15, 0.2) is 0 Å². The van der Waals surface area contributed by atoms with E-state index < -0.39 is 10.0 Å². The van der Waals surface area contributed by atoms with E-state index in [-0.39, 0.29) is 12.1 Å². The van der Waals surface area contributed by atoms with Crippen LogP contribution in [0.1, 0.15) is 19.8 Å². The normalized spacial score (nSPS) is 25.7. The second-order valence-electron chi connectivity index (χ2n) is 4.43. The fourth-order valence-corrected chi connectivity index (χ4v) is 3.44. The van der Waals surface area contributed by atoms with Crippen molar-refractivity contribution in [1.82, 2.24) is 10.0 Å². The molecule has 1 aliphatic heterocycles. The molecule has 0 aliphatic carbocycles. The van der Waals surface area contributed by atoms with Crippen molar-refractivity contribution in [1.29, 1.82) is 0 Å². The molecule has 0 bridgehead atoms. The van der Waals surface area contributed by atoms with Gasteiger partial charge in [-0.2, -0.15) is 0 Å². The molecule has 1 saturated heterocycles. The summed E-state index contributed by atoms with van der Waals surface area (Å²) in [6.07, 6.45) is 1.90. The van der Waals surface area contributed by atoms with E-state index in [0.717, 1.165) is 19.4 Å². The second kappa shape index (κ2) is 5.16. The van der Waals surface area contributed by atoms with Crippen LogP contribution < -0.4 is 10.0 Å². The van der Waals surface area contributed by atoms with Gasteiger partial charge in [0.25, 0.3) is 0 Å². The second-order valence-corrected chi connectivity index (χ2v) is 6.14. The first kappa shape index (κ1) is 12.5. The maximum absolute atomic E-state index is 12.1. The van der Waals surface area contributed by atoms with Gasteiger partial charge in [0.05, 0.1) is 4.90 Å². The van der Waals surface area contributed by atoms with E-state index in [1.807, 2.05) is 13.0 Å². The predicted molar refractivity (Wildman–Crippen MR) is 67.3 cm³/mol. The molecule has 0 radical (unpaired) electrons. The highest BCUT2D eigenvalue weighted by molar-refractivity contribution is 7.89. The maximum atomic E-state index is 12.1. The summed E-state index contributed by atoms with van der Waals surface area (Å²) in [6.45, 7) is 2.97. The molecule has 2 rings (SSSR count). The van der Waals surface area contributed by atoms with Crippen LogP contribution in [0.2, 0.25) is 0 Å². The number of piperidine rings is 1. The minimum atomic E-state index is -3.38. The molecule has 4 nitrogen and oxygen atoms in total. The Morgan fingerprint density at radius 1 is 1.29 bits per heavy atom. The Morgan fingerprint density at radius 3 is 2.65 bits per heavy atom. The van der Waals surface area contributed by atoms with E-state index in [2.05, 4.69) is 10.0 Å². The van der Waals surface area contributed by atoms with Crippen molar-refractivity contribution in [3.63, 3.8) is 0 Å². The number of hydrogen-bond donors (Lipinski definition) is 2. The smallest absolute Gasteiger partial charge is 0.240 e. The highest BCUT2D eigenvalue weighted by Crippen LogP contribution is 2.13. The summed E-state index contributed by atoms with van der Waals surface area (Å²) in [6, 6.07) is 8.67. The van der Waals surface area contributed by atoms with Crippen LogP contribution in [0.3, 0.4) is 0 Å². The summed E-state index contributed by atoms with van der Waals surface area (Å²) >= 11 is 0. The number of hydrogen-bond acceptors (Lipinski definition) is 3. The zero-order valence-corrected chi connectivity index (χ0v) is 10.7. The van der Waals surface area contributed by atoms with Crippen LogP contribution in [0.4, 0.5) is 0 Å². The van der Waals surface area contributed by atoms with Crippen LogP contribution in [0, 0.1) is 0 Å². The third-order valence-electron chi connectivity index (χ3n) is 3.12. The lowest BCUT2D eigenvalue weighted by molar-refractivity contribution is 0.349. The molecule has 0 spiro atoms. The van der Waals surface area contributed by atoms with Crippen molar-refractivity contribution in [2.24, 2.45) is 0 Å². The Kier molecular flexibility index (Phi) is 3.81. The quantitative estimate of drug-likeness (QED) is 0.849. The van der Waals surface area contributed by atoms with Crippen molar-refractivity contribution >= 4 is 10.0 Å². The summed E-state index contributed by atoms with van der Waals surface area (Å²) in [5.74, 6) is 0. The van der Waals surface area contributed by atoms with Crippen molar-refractivity contribution in [3.05, 3.63) is 30.3 Å². The predicted octanol–water partition coefficient (Wildman–Crippen LogP) is 1.11. The minimum Gasteiger partial charge on any atom is -0.313 e. The first-order chi connectivity index (χ1) is 8.09. The molecule has 1 aromatic carbocycles. The summed E-state index contributed by atoms with van der Waals surface area (Å²) in [7, 11) is -3.38. The zero-order valence-electron chi connectivity index (χ0n) is 9.89. The molecule has 2 unspecified atom stereocenters. The Labute approximate surface area is 102 Å². The lowest BCUT2D eigenvalue weighted by Gasteiger charge is -2.30. The average Bonchev–Trinajstić information content (AvgIpc) is 2.33. The van der Waals surface area contributed by atoms with Crippen molar-refractivity contribution in [2.45, 2.75) is 36.7 Å². The molecule has 1 fully saturated rings. The summed E-state index contributed by atoms with van der Waals surface area (Å²) in [4.78, 5) is 0.331. The lowest BCUT2D eigenvalue weighted by atomic mass is 10.0. The number of sulfonamides is 1. The van der Waals surface area contributed by atoms with Gasteiger partial charge in [-0.3, -0.25) is 0 Å².